The predicted molar refractivity (Wildman–Crippen MR) is 68.3 cm³/mol. The third kappa shape index (κ3) is 2.73. The second-order valence-electron chi connectivity index (χ2n) is 4.05. The molecule has 1 aliphatic rings. The minimum atomic E-state index is -0.389. The van der Waals surface area contributed by atoms with Crippen molar-refractivity contribution in [3.63, 3.8) is 0 Å². The first-order valence-corrected chi connectivity index (χ1v) is 6.15. The van der Waals surface area contributed by atoms with Crippen LogP contribution in [0.1, 0.15) is 6.92 Å². The summed E-state index contributed by atoms with van der Waals surface area (Å²) in [5, 5.41) is 14.3. The van der Waals surface area contributed by atoms with Crippen LogP contribution < -0.4 is 10.2 Å². The molecule has 6 nitrogen and oxygen atoms in total. The van der Waals surface area contributed by atoms with Crippen molar-refractivity contribution < 1.29 is 4.92 Å². The molecule has 0 spiro atoms. The van der Waals surface area contributed by atoms with Crippen LogP contribution in [0.25, 0.3) is 0 Å². The zero-order chi connectivity index (χ0) is 12.4. The Bertz CT molecular complexity index is 440. The van der Waals surface area contributed by atoms with Crippen molar-refractivity contribution in [2.75, 3.05) is 24.5 Å². The van der Waals surface area contributed by atoms with Gasteiger partial charge in [-0.1, -0.05) is 0 Å². The maximum absolute atomic E-state index is 11.0. The van der Waals surface area contributed by atoms with Crippen LogP contribution >= 0.6 is 15.9 Å². The van der Waals surface area contributed by atoms with E-state index in [4.69, 9.17) is 0 Å². The van der Waals surface area contributed by atoms with E-state index in [1.165, 1.54) is 6.07 Å². The van der Waals surface area contributed by atoms with Gasteiger partial charge in [-0.05, 0) is 22.9 Å². The van der Waals surface area contributed by atoms with E-state index in [1.54, 1.807) is 6.20 Å². The molecule has 1 aromatic rings. The molecule has 92 valence electrons. The SMILES string of the molecule is C[C@H]1CN(c2ncc(Br)cc2[N+](=O)[O-])CCN1. The Hall–Kier alpha value is -1.21. The van der Waals surface area contributed by atoms with Gasteiger partial charge in [0.2, 0.25) is 5.82 Å². The summed E-state index contributed by atoms with van der Waals surface area (Å²) in [5.41, 5.74) is 0.0495. The number of anilines is 1. The number of nitro groups is 1. The number of rotatable bonds is 2. The van der Waals surface area contributed by atoms with Crippen molar-refractivity contribution in [3.8, 4) is 0 Å². The van der Waals surface area contributed by atoms with E-state index >= 15 is 0 Å². The van der Waals surface area contributed by atoms with Crippen molar-refractivity contribution in [1.29, 1.82) is 0 Å². The molecule has 1 N–H and O–H groups in total. The summed E-state index contributed by atoms with van der Waals surface area (Å²) in [7, 11) is 0. The molecule has 0 amide bonds. The molecule has 1 fully saturated rings. The Morgan fingerprint density at radius 2 is 2.47 bits per heavy atom. The zero-order valence-electron chi connectivity index (χ0n) is 9.39. The number of halogens is 1. The van der Waals surface area contributed by atoms with Crippen molar-refractivity contribution in [2.24, 2.45) is 0 Å². The van der Waals surface area contributed by atoms with Crippen LogP contribution in [0.2, 0.25) is 0 Å². The topological polar surface area (TPSA) is 71.3 Å². The van der Waals surface area contributed by atoms with E-state index in [0.29, 0.717) is 16.3 Å². The highest BCUT2D eigenvalue weighted by molar-refractivity contribution is 9.10. The van der Waals surface area contributed by atoms with Gasteiger partial charge in [-0.25, -0.2) is 4.98 Å². The first-order valence-electron chi connectivity index (χ1n) is 5.36. The summed E-state index contributed by atoms with van der Waals surface area (Å²) in [6.07, 6.45) is 1.59. The summed E-state index contributed by atoms with van der Waals surface area (Å²) in [6.45, 7) is 4.34. The van der Waals surface area contributed by atoms with E-state index in [0.717, 1.165) is 19.6 Å². The highest BCUT2D eigenvalue weighted by atomic mass is 79.9. The van der Waals surface area contributed by atoms with Gasteiger partial charge in [0.25, 0.3) is 0 Å². The number of hydrogen-bond acceptors (Lipinski definition) is 5. The lowest BCUT2D eigenvalue weighted by atomic mass is 10.2. The normalized spacial score (nSPS) is 20.4. The van der Waals surface area contributed by atoms with E-state index < -0.39 is 0 Å². The van der Waals surface area contributed by atoms with Gasteiger partial charge >= 0.3 is 5.69 Å². The van der Waals surface area contributed by atoms with Crippen molar-refractivity contribution in [3.05, 3.63) is 26.9 Å². The maximum atomic E-state index is 11.0. The molecule has 0 aromatic carbocycles. The minimum Gasteiger partial charge on any atom is -0.348 e. The molecule has 1 atom stereocenters. The van der Waals surface area contributed by atoms with Gasteiger partial charge in [-0.2, -0.15) is 0 Å². The van der Waals surface area contributed by atoms with Crippen LogP contribution in [0.4, 0.5) is 11.5 Å². The predicted octanol–water partition coefficient (Wildman–Crippen LogP) is 1.55. The van der Waals surface area contributed by atoms with Gasteiger partial charge in [-0.3, -0.25) is 10.1 Å². The van der Waals surface area contributed by atoms with Gasteiger partial charge in [0.1, 0.15) is 0 Å². The molecule has 0 unspecified atom stereocenters. The molecule has 0 bridgehead atoms. The van der Waals surface area contributed by atoms with Gasteiger partial charge in [0, 0.05) is 42.4 Å². The third-order valence-corrected chi connectivity index (χ3v) is 3.11. The van der Waals surface area contributed by atoms with Crippen LogP contribution in [0.3, 0.4) is 0 Å². The number of nitrogens with one attached hydrogen (secondary N) is 1. The highest BCUT2D eigenvalue weighted by Gasteiger charge is 2.24. The highest BCUT2D eigenvalue weighted by Crippen LogP contribution is 2.28. The molecule has 0 saturated carbocycles. The molecule has 1 aromatic heterocycles. The second-order valence-corrected chi connectivity index (χ2v) is 4.97. The lowest BCUT2D eigenvalue weighted by Gasteiger charge is -2.32. The zero-order valence-corrected chi connectivity index (χ0v) is 11.0. The molecule has 0 radical (unpaired) electrons. The number of nitrogens with zero attached hydrogens (tertiary/aromatic N) is 3. The average Bonchev–Trinajstić information content (AvgIpc) is 2.28. The smallest absolute Gasteiger partial charge is 0.312 e. The monoisotopic (exact) mass is 300 g/mol. The number of pyridine rings is 1. The molecule has 2 rings (SSSR count). The van der Waals surface area contributed by atoms with E-state index in [9.17, 15) is 10.1 Å². The van der Waals surface area contributed by atoms with E-state index in [1.807, 2.05) is 4.90 Å². The Labute approximate surface area is 107 Å². The molecule has 1 saturated heterocycles. The fourth-order valence-electron chi connectivity index (χ4n) is 1.92. The Balaban J connectivity index is 2.33. The maximum Gasteiger partial charge on any atom is 0.312 e. The Morgan fingerprint density at radius 1 is 1.71 bits per heavy atom. The van der Waals surface area contributed by atoms with Crippen LogP contribution in [0.15, 0.2) is 16.7 Å². The van der Waals surface area contributed by atoms with E-state index in [2.05, 4.69) is 33.2 Å². The summed E-state index contributed by atoms with van der Waals surface area (Å²) in [5.74, 6) is 0.451. The molecule has 0 aliphatic carbocycles. The van der Waals surface area contributed by atoms with Crippen LogP contribution in [0, 0.1) is 10.1 Å². The molecular weight excluding hydrogens is 288 g/mol. The summed E-state index contributed by atoms with van der Waals surface area (Å²) in [4.78, 5) is 16.7. The first-order chi connectivity index (χ1) is 8.08. The fourth-order valence-corrected chi connectivity index (χ4v) is 2.24. The number of aromatic nitrogens is 1. The summed E-state index contributed by atoms with van der Waals surface area (Å²) < 4.78 is 0.621. The number of hydrogen-bond donors (Lipinski definition) is 1. The largest absolute Gasteiger partial charge is 0.348 e. The lowest BCUT2D eigenvalue weighted by molar-refractivity contribution is -0.384. The van der Waals surface area contributed by atoms with Gasteiger partial charge in [-0.15, -0.1) is 0 Å². The quantitative estimate of drug-likeness (QED) is 0.663. The minimum absolute atomic E-state index is 0.0495. The molecule has 2 heterocycles. The lowest BCUT2D eigenvalue weighted by Crippen LogP contribution is -2.49. The number of piperazine rings is 1. The standard InChI is InChI=1S/C10H13BrN4O2/c1-7-6-14(3-2-12-7)10-9(15(16)17)4-8(11)5-13-10/h4-5,7,12H,2-3,6H2,1H3/t7-/m0/s1. The molecule has 17 heavy (non-hydrogen) atoms. The van der Waals surface area contributed by atoms with Crippen LogP contribution in [-0.4, -0.2) is 35.6 Å². The summed E-state index contributed by atoms with van der Waals surface area (Å²) in [6, 6.07) is 1.81. The fraction of sp³-hybridized carbons (Fsp3) is 0.500. The molecule has 7 heteroatoms. The molecular formula is C10H13BrN4O2. The Morgan fingerprint density at radius 3 is 3.12 bits per heavy atom. The van der Waals surface area contributed by atoms with Crippen LogP contribution in [-0.2, 0) is 0 Å². The summed E-state index contributed by atoms with van der Waals surface area (Å²) >= 11 is 3.20. The van der Waals surface area contributed by atoms with E-state index in [-0.39, 0.29) is 10.6 Å². The Kier molecular flexibility index (Phi) is 3.58. The van der Waals surface area contributed by atoms with Gasteiger partial charge in [0.15, 0.2) is 0 Å². The van der Waals surface area contributed by atoms with Crippen molar-refractivity contribution in [2.45, 2.75) is 13.0 Å². The second kappa shape index (κ2) is 4.97. The third-order valence-electron chi connectivity index (χ3n) is 2.68. The van der Waals surface area contributed by atoms with Gasteiger partial charge in [0.05, 0.1) is 4.92 Å². The van der Waals surface area contributed by atoms with Crippen molar-refractivity contribution >= 4 is 27.4 Å². The van der Waals surface area contributed by atoms with Crippen molar-refractivity contribution in [1.82, 2.24) is 10.3 Å². The van der Waals surface area contributed by atoms with Crippen LogP contribution in [0.5, 0.6) is 0 Å². The first kappa shape index (κ1) is 12.3. The molecule has 1 aliphatic heterocycles. The van der Waals surface area contributed by atoms with Gasteiger partial charge < -0.3 is 10.2 Å². The average molecular weight is 301 g/mol.